The zero-order valence-corrected chi connectivity index (χ0v) is 5.91. The van der Waals surface area contributed by atoms with Crippen LogP contribution in [0.4, 0.5) is 5.82 Å². The molecule has 0 atom stereocenters. The molecule has 5 nitrogen and oxygen atoms in total. The van der Waals surface area contributed by atoms with E-state index in [9.17, 15) is 0 Å². The SMILES string of the molecule is Cn1nncc1NCCN. The highest BCUT2D eigenvalue weighted by Gasteiger charge is 1.94. The number of rotatable bonds is 3. The minimum Gasteiger partial charge on any atom is -0.368 e. The Kier molecular flexibility index (Phi) is 2.22. The molecule has 0 fully saturated rings. The van der Waals surface area contributed by atoms with Crippen molar-refractivity contribution in [3.8, 4) is 0 Å². The van der Waals surface area contributed by atoms with Crippen LogP contribution in [0, 0.1) is 0 Å². The molecule has 0 saturated carbocycles. The first-order valence-electron chi connectivity index (χ1n) is 3.13. The third-order valence-corrected chi connectivity index (χ3v) is 1.16. The van der Waals surface area contributed by atoms with Gasteiger partial charge in [-0.15, -0.1) is 5.10 Å². The van der Waals surface area contributed by atoms with Gasteiger partial charge in [0.05, 0.1) is 6.20 Å². The van der Waals surface area contributed by atoms with Gasteiger partial charge in [0, 0.05) is 20.1 Å². The minimum absolute atomic E-state index is 0.616. The molecule has 1 aromatic rings. The van der Waals surface area contributed by atoms with Crippen LogP contribution in [-0.4, -0.2) is 28.1 Å². The lowest BCUT2D eigenvalue weighted by molar-refractivity contribution is 0.717. The molecule has 0 aliphatic rings. The van der Waals surface area contributed by atoms with Crippen molar-refractivity contribution in [2.75, 3.05) is 18.4 Å². The number of nitrogens with two attached hydrogens (primary N) is 1. The van der Waals surface area contributed by atoms with Gasteiger partial charge in [0.1, 0.15) is 5.82 Å². The van der Waals surface area contributed by atoms with Crippen LogP contribution >= 0.6 is 0 Å². The van der Waals surface area contributed by atoms with Crippen molar-refractivity contribution in [3.63, 3.8) is 0 Å². The van der Waals surface area contributed by atoms with E-state index in [-0.39, 0.29) is 0 Å². The van der Waals surface area contributed by atoms with Crippen LogP contribution in [0.25, 0.3) is 0 Å². The molecule has 1 aromatic heterocycles. The molecular formula is C5H11N5. The lowest BCUT2D eigenvalue weighted by Gasteiger charge is -2.01. The number of hydrogen-bond acceptors (Lipinski definition) is 4. The van der Waals surface area contributed by atoms with Gasteiger partial charge >= 0.3 is 0 Å². The van der Waals surface area contributed by atoms with Gasteiger partial charge in [-0.05, 0) is 0 Å². The molecule has 0 amide bonds. The van der Waals surface area contributed by atoms with Crippen LogP contribution in [0.1, 0.15) is 0 Å². The van der Waals surface area contributed by atoms with Gasteiger partial charge < -0.3 is 11.1 Å². The van der Waals surface area contributed by atoms with E-state index < -0.39 is 0 Å². The molecule has 5 heteroatoms. The summed E-state index contributed by atoms with van der Waals surface area (Å²) in [5, 5.41) is 10.5. The maximum atomic E-state index is 5.28. The van der Waals surface area contributed by atoms with Gasteiger partial charge in [0.2, 0.25) is 0 Å². The number of nitrogens with zero attached hydrogens (tertiary/aromatic N) is 3. The van der Waals surface area contributed by atoms with Crippen LogP contribution in [0.15, 0.2) is 6.20 Å². The zero-order valence-electron chi connectivity index (χ0n) is 5.91. The number of nitrogens with one attached hydrogen (secondary N) is 1. The lowest BCUT2D eigenvalue weighted by Crippen LogP contribution is -2.14. The molecule has 0 spiro atoms. The van der Waals surface area contributed by atoms with Crippen molar-refractivity contribution in [1.29, 1.82) is 0 Å². The van der Waals surface area contributed by atoms with Crippen molar-refractivity contribution < 1.29 is 0 Å². The molecular weight excluding hydrogens is 130 g/mol. The first-order valence-corrected chi connectivity index (χ1v) is 3.13. The normalized spacial score (nSPS) is 9.80. The van der Waals surface area contributed by atoms with E-state index in [1.807, 2.05) is 7.05 Å². The highest BCUT2D eigenvalue weighted by molar-refractivity contribution is 5.30. The molecule has 0 radical (unpaired) electrons. The number of anilines is 1. The second kappa shape index (κ2) is 3.17. The topological polar surface area (TPSA) is 68.8 Å². The van der Waals surface area contributed by atoms with Crippen molar-refractivity contribution in [3.05, 3.63) is 6.20 Å². The van der Waals surface area contributed by atoms with E-state index in [1.165, 1.54) is 0 Å². The predicted octanol–water partition coefficient (Wildman–Crippen LogP) is -0.814. The summed E-state index contributed by atoms with van der Waals surface area (Å²) in [7, 11) is 1.83. The maximum absolute atomic E-state index is 5.28. The Morgan fingerprint density at radius 1 is 1.80 bits per heavy atom. The van der Waals surface area contributed by atoms with Gasteiger partial charge in [-0.1, -0.05) is 5.21 Å². The summed E-state index contributed by atoms with van der Waals surface area (Å²) in [4.78, 5) is 0. The minimum atomic E-state index is 0.616. The molecule has 56 valence electrons. The molecule has 0 saturated heterocycles. The lowest BCUT2D eigenvalue weighted by atomic mass is 10.6. The highest BCUT2D eigenvalue weighted by Crippen LogP contribution is 1.97. The fourth-order valence-corrected chi connectivity index (χ4v) is 0.650. The van der Waals surface area contributed by atoms with Crippen molar-refractivity contribution in [2.45, 2.75) is 0 Å². The molecule has 0 bridgehead atoms. The Labute approximate surface area is 59.2 Å². The van der Waals surface area contributed by atoms with Crippen LogP contribution in [0.3, 0.4) is 0 Å². The molecule has 0 aromatic carbocycles. The Balaban J connectivity index is 2.49. The summed E-state index contributed by atoms with van der Waals surface area (Å²) in [5.41, 5.74) is 5.28. The van der Waals surface area contributed by atoms with E-state index in [2.05, 4.69) is 15.6 Å². The molecule has 10 heavy (non-hydrogen) atoms. The number of aryl methyl sites for hydroxylation is 1. The largest absolute Gasteiger partial charge is 0.368 e. The standard InChI is InChI=1S/C5H11N5/c1-10-5(4-8-9-10)7-3-2-6/h4,7H,2-3,6H2,1H3. The first-order chi connectivity index (χ1) is 4.84. The van der Waals surface area contributed by atoms with Gasteiger partial charge in [0.15, 0.2) is 0 Å². The van der Waals surface area contributed by atoms with E-state index in [0.29, 0.717) is 6.54 Å². The summed E-state index contributed by atoms with van der Waals surface area (Å²) >= 11 is 0. The fraction of sp³-hybridized carbons (Fsp3) is 0.600. The van der Waals surface area contributed by atoms with E-state index in [0.717, 1.165) is 12.4 Å². The van der Waals surface area contributed by atoms with Crippen LogP contribution in [0.5, 0.6) is 0 Å². The highest BCUT2D eigenvalue weighted by atomic mass is 15.4. The van der Waals surface area contributed by atoms with Crippen LogP contribution in [-0.2, 0) is 7.05 Å². The van der Waals surface area contributed by atoms with Gasteiger partial charge in [0.25, 0.3) is 0 Å². The van der Waals surface area contributed by atoms with Crippen molar-refractivity contribution >= 4 is 5.82 Å². The van der Waals surface area contributed by atoms with E-state index in [4.69, 9.17) is 5.73 Å². The molecule has 1 heterocycles. The van der Waals surface area contributed by atoms with E-state index in [1.54, 1.807) is 10.9 Å². The predicted molar refractivity (Wildman–Crippen MR) is 38.5 cm³/mol. The van der Waals surface area contributed by atoms with Crippen molar-refractivity contribution in [1.82, 2.24) is 15.0 Å². The summed E-state index contributed by atoms with van der Waals surface area (Å²) in [6, 6.07) is 0. The Morgan fingerprint density at radius 2 is 2.60 bits per heavy atom. The molecule has 1 rings (SSSR count). The molecule has 0 aliphatic carbocycles. The van der Waals surface area contributed by atoms with E-state index >= 15 is 0 Å². The summed E-state index contributed by atoms with van der Waals surface area (Å²) in [5.74, 6) is 0.894. The number of hydrogen-bond donors (Lipinski definition) is 2. The van der Waals surface area contributed by atoms with Gasteiger partial charge in [-0.2, -0.15) is 0 Å². The Bertz CT molecular complexity index is 194. The van der Waals surface area contributed by atoms with Gasteiger partial charge in [-0.3, -0.25) is 0 Å². The number of aromatic nitrogens is 3. The first kappa shape index (κ1) is 7.01. The molecule has 0 unspecified atom stereocenters. The van der Waals surface area contributed by atoms with Crippen LogP contribution in [0.2, 0.25) is 0 Å². The van der Waals surface area contributed by atoms with Crippen molar-refractivity contribution in [2.24, 2.45) is 12.8 Å². The Hall–Kier alpha value is -1.10. The quantitative estimate of drug-likeness (QED) is 0.577. The maximum Gasteiger partial charge on any atom is 0.144 e. The summed E-state index contributed by atoms with van der Waals surface area (Å²) < 4.78 is 1.66. The second-order valence-electron chi connectivity index (χ2n) is 1.96. The molecule has 0 aliphatic heterocycles. The Morgan fingerprint density at radius 3 is 3.10 bits per heavy atom. The third-order valence-electron chi connectivity index (χ3n) is 1.16. The zero-order chi connectivity index (χ0) is 7.40. The average Bonchev–Trinajstić information content (AvgIpc) is 2.31. The van der Waals surface area contributed by atoms with Crippen LogP contribution < -0.4 is 11.1 Å². The monoisotopic (exact) mass is 141 g/mol. The summed E-state index contributed by atoms with van der Waals surface area (Å²) in [6.07, 6.45) is 1.66. The third kappa shape index (κ3) is 1.44. The molecule has 3 N–H and O–H groups in total. The smallest absolute Gasteiger partial charge is 0.144 e. The van der Waals surface area contributed by atoms with Gasteiger partial charge in [-0.25, -0.2) is 4.68 Å². The average molecular weight is 141 g/mol. The fourth-order valence-electron chi connectivity index (χ4n) is 0.650. The second-order valence-corrected chi connectivity index (χ2v) is 1.96. The summed E-state index contributed by atoms with van der Waals surface area (Å²) in [6.45, 7) is 1.37.